The van der Waals surface area contributed by atoms with E-state index in [1.54, 1.807) is 0 Å². The van der Waals surface area contributed by atoms with E-state index in [-0.39, 0.29) is 42.2 Å². The number of unbranched alkanes of at least 4 members (excludes halogenated alkanes) is 1. The van der Waals surface area contributed by atoms with Crippen LogP contribution in [0.25, 0.3) is 0 Å². The number of urea groups is 1. The van der Waals surface area contributed by atoms with Crippen LogP contribution in [-0.2, 0) is 9.53 Å². The standard InChI is InChI=1S/C19H35N3O4/c1-5-7-8-26-16-11-15(19(16,3)4)21-18(25)20-13-9-14(10-13)22(6-2)12-17(23)24/h13-16H,5-12H2,1-4H3,(H,23,24)(H2,20,21,25). The fraction of sp³-hybridized carbons (Fsp3) is 0.895. The first-order chi connectivity index (χ1) is 12.3. The Hall–Kier alpha value is -1.34. The van der Waals surface area contributed by atoms with Crippen molar-refractivity contribution in [1.29, 1.82) is 0 Å². The maximum Gasteiger partial charge on any atom is 0.317 e. The summed E-state index contributed by atoms with van der Waals surface area (Å²) in [5.41, 5.74) is -0.0479. The Morgan fingerprint density at radius 2 is 1.88 bits per heavy atom. The summed E-state index contributed by atoms with van der Waals surface area (Å²) in [6.07, 6.45) is 4.89. The lowest BCUT2D eigenvalue weighted by molar-refractivity contribution is -0.139. The van der Waals surface area contributed by atoms with Crippen molar-refractivity contribution in [3.63, 3.8) is 0 Å². The molecule has 0 heterocycles. The van der Waals surface area contributed by atoms with Gasteiger partial charge in [0.15, 0.2) is 0 Å². The minimum atomic E-state index is -0.802. The van der Waals surface area contributed by atoms with Gasteiger partial charge < -0.3 is 20.5 Å². The van der Waals surface area contributed by atoms with Crippen LogP contribution in [0.2, 0.25) is 0 Å². The Kier molecular flexibility index (Phi) is 7.29. The monoisotopic (exact) mass is 369 g/mol. The maximum absolute atomic E-state index is 12.3. The second-order valence-corrected chi connectivity index (χ2v) is 8.22. The van der Waals surface area contributed by atoms with Crippen LogP contribution in [0.4, 0.5) is 4.79 Å². The number of carboxylic acid groups (broad SMARTS) is 1. The van der Waals surface area contributed by atoms with Crippen LogP contribution in [0.1, 0.15) is 59.8 Å². The topological polar surface area (TPSA) is 90.9 Å². The summed E-state index contributed by atoms with van der Waals surface area (Å²) in [6, 6.07) is 0.379. The molecule has 2 rings (SSSR count). The lowest BCUT2D eigenvalue weighted by Gasteiger charge is -2.52. The van der Waals surface area contributed by atoms with Gasteiger partial charge >= 0.3 is 12.0 Å². The van der Waals surface area contributed by atoms with Gasteiger partial charge in [-0.3, -0.25) is 9.69 Å². The van der Waals surface area contributed by atoms with Gasteiger partial charge in [-0.05, 0) is 32.2 Å². The lowest BCUT2D eigenvalue weighted by atomic mass is 9.64. The average Bonchev–Trinajstić information content (AvgIpc) is 2.54. The van der Waals surface area contributed by atoms with Crippen LogP contribution in [0, 0.1) is 5.41 Å². The van der Waals surface area contributed by atoms with E-state index >= 15 is 0 Å². The highest BCUT2D eigenvalue weighted by molar-refractivity contribution is 5.75. The molecule has 2 amide bonds. The molecule has 0 aromatic carbocycles. The second-order valence-electron chi connectivity index (χ2n) is 8.22. The predicted molar refractivity (Wildman–Crippen MR) is 100 cm³/mol. The minimum Gasteiger partial charge on any atom is -0.480 e. The molecule has 26 heavy (non-hydrogen) atoms. The summed E-state index contributed by atoms with van der Waals surface area (Å²) in [4.78, 5) is 25.1. The molecule has 0 bridgehead atoms. The van der Waals surface area contributed by atoms with Crippen LogP contribution >= 0.6 is 0 Å². The molecule has 2 aliphatic rings. The predicted octanol–water partition coefficient (Wildman–Crippen LogP) is 2.21. The number of nitrogens with one attached hydrogen (secondary N) is 2. The van der Waals surface area contributed by atoms with Crippen LogP contribution < -0.4 is 10.6 Å². The Bertz CT molecular complexity index is 491. The van der Waals surface area contributed by atoms with Gasteiger partial charge in [-0.1, -0.05) is 34.1 Å². The Balaban J connectivity index is 1.67. The third-order valence-corrected chi connectivity index (χ3v) is 6.01. The summed E-state index contributed by atoms with van der Waals surface area (Å²) in [5.74, 6) is -0.802. The van der Waals surface area contributed by atoms with Crippen LogP contribution in [0.15, 0.2) is 0 Å². The molecule has 0 aromatic rings. The fourth-order valence-corrected chi connectivity index (χ4v) is 3.85. The number of ether oxygens (including phenoxy) is 1. The quantitative estimate of drug-likeness (QED) is 0.514. The Morgan fingerprint density at radius 1 is 1.19 bits per heavy atom. The highest BCUT2D eigenvalue weighted by atomic mass is 16.5. The van der Waals surface area contributed by atoms with Gasteiger partial charge in [0.05, 0.1) is 12.6 Å². The smallest absolute Gasteiger partial charge is 0.317 e. The lowest BCUT2D eigenvalue weighted by Crippen LogP contribution is -2.65. The molecule has 0 spiro atoms. The number of amides is 2. The van der Waals surface area contributed by atoms with Gasteiger partial charge in [0, 0.05) is 30.1 Å². The molecular weight excluding hydrogens is 334 g/mol. The van der Waals surface area contributed by atoms with Crippen molar-refractivity contribution in [3.05, 3.63) is 0 Å². The highest BCUT2D eigenvalue weighted by Crippen LogP contribution is 2.42. The molecule has 150 valence electrons. The van der Waals surface area contributed by atoms with Crippen molar-refractivity contribution >= 4 is 12.0 Å². The van der Waals surface area contributed by atoms with Crippen LogP contribution in [-0.4, -0.2) is 65.9 Å². The van der Waals surface area contributed by atoms with Gasteiger partial charge in [0.25, 0.3) is 0 Å². The van der Waals surface area contributed by atoms with Crippen molar-refractivity contribution in [2.45, 2.75) is 84.0 Å². The normalized spacial score (nSPS) is 29.6. The second kappa shape index (κ2) is 9.04. The highest BCUT2D eigenvalue weighted by Gasteiger charge is 2.49. The zero-order chi connectivity index (χ0) is 19.3. The van der Waals surface area contributed by atoms with E-state index in [4.69, 9.17) is 9.84 Å². The number of hydrogen-bond acceptors (Lipinski definition) is 4. The Morgan fingerprint density at radius 3 is 2.42 bits per heavy atom. The van der Waals surface area contributed by atoms with E-state index in [0.717, 1.165) is 38.7 Å². The van der Waals surface area contributed by atoms with E-state index in [9.17, 15) is 9.59 Å². The third-order valence-electron chi connectivity index (χ3n) is 6.01. The summed E-state index contributed by atoms with van der Waals surface area (Å²) in [5, 5.41) is 15.0. The largest absolute Gasteiger partial charge is 0.480 e. The molecule has 7 nitrogen and oxygen atoms in total. The number of nitrogens with zero attached hydrogens (tertiary/aromatic N) is 1. The SMILES string of the molecule is CCCCOC1CC(NC(=O)NC2CC(N(CC)CC(=O)O)C2)C1(C)C. The molecule has 0 saturated heterocycles. The zero-order valence-electron chi connectivity index (χ0n) is 16.6. The first kappa shape index (κ1) is 21.0. The van der Waals surface area contributed by atoms with Gasteiger partial charge in [0.2, 0.25) is 0 Å². The van der Waals surface area contributed by atoms with E-state index in [1.807, 2.05) is 11.8 Å². The van der Waals surface area contributed by atoms with E-state index in [2.05, 4.69) is 31.4 Å². The van der Waals surface area contributed by atoms with Gasteiger partial charge in [-0.2, -0.15) is 0 Å². The van der Waals surface area contributed by atoms with Crippen molar-refractivity contribution in [3.8, 4) is 0 Å². The minimum absolute atomic E-state index is 0.0479. The molecule has 0 radical (unpaired) electrons. The maximum atomic E-state index is 12.3. The summed E-state index contributed by atoms with van der Waals surface area (Å²) >= 11 is 0. The summed E-state index contributed by atoms with van der Waals surface area (Å²) in [6.45, 7) is 9.97. The number of carbonyl (C=O) groups is 2. The molecule has 0 aliphatic heterocycles. The zero-order valence-corrected chi connectivity index (χ0v) is 16.6. The van der Waals surface area contributed by atoms with E-state index < -0.39 is 5.97 Å². The fourth-order valence-electron chi connectivity index (χ4n) is 3.85. The first-order valence-electron chi connectivity index (χ1n) is 9.92. The Labute approximate surface area is 156 Å². The molecule has 2 saturated carbocycles. The van der Waals surface area contributed by atoms with Gasteiger partial charge in [0.1, 0.15) is 0 Å². The molecule has 2 unspecified atom stereocenters. The number of carbonyl (C=O) groups excluding carboxylic acids is 1. The number of rotatable bonds is 10. The molecule has 2 atom stereocenters. The summed E-state index contributed by atoms with van der Waals surface area (Å²) in [7, 11) is 0. The van der Waals surface area contributed by atoms with Gasteiger partial charge in [-0.25, -0.2) is 4.79 Å². The van der Waals surface area contributed by atoms with E-state index in [0.29, 0.717) is 6.54 Å². The van der Waals surface area contributed by atoms with Crippen molar-refractivity contribution < 1.29 is 19.4 Å². The number of carboxylic acids is 1. The van der Waals surface area contributed by atoms with Crippen molar-refractivity contribution in [1.82, 2.24) is 15.5 Å². The van der Waals surface area contributed by atoms with Gasteiger partial charge in [-0.15, -0.1) is 0 Å². The molecule has 2 fully saturated rings. The molecule has 2 aliphatic carbocycles. The number of aliphatic carboxylic acids is 1. The summed E-state index contributed by atoms with van der Waals surface area (Å²) < 4.78 is 5.92. The molecule has 7 heteroatoms. The van der Waals surface area contributed by atoms with E-state index in [1.165, 1.54) is 0 Å². The number of likely N-dealkylation sites (N-methyl/N-ethyl adjacent to an activating group) is 1. The molecule has 0 aromatic heterocycles. The number of hydrogen-bond donors (Lipinski definition) is 3. The molecule has 3 N–H and O–H groups in total. The first-order valence-corrected chi connectivity index (χ1v) is 9.92. The van der Waals surface area contributed by atoms with Crippen LogP contribution in [0.3, 0.4) is 0 Å². The average molecular weight is 370 g/mol. The van der Waals surface area contributed by atoms with Crippen molar-refractivity contribution in [2.24, 2.45) is 5.41 Å². The third kappa shape index (κ3) is 5.10. The van der Waals surface area contributed by atoms with Crippen molar-refractivity contribution in [2.75, 3.05) is 19.7 Å². The molecular formula is C19H35N3O4. The van der Waals surface area contributed by atoms with Crippen LogP contribution in [0.5, 0.6) is 0 Å².